The van der Waals surface area contributed by atoms with E-state index < -0.39 is 0 Å². The molecule has 1 saturated heterocycles. The maximum atomic E-state index is 12.4. The van der Waals surface area contributed by atoms with Gasteiger partial charge in [-0.05, 0) is 12.5 Å². The largest absolute Gasteiger partial charge is 0.374 e. The van der Waals surface area contributed by atoms with Gasteiger partial charge < -0.3 is 15.0 Å². The van der Waals surface area contributed by atoms with Crippen LogP contribution in [0.1, 0.15) is 23.1 Å². The molecule has 1 fully saturated rings. The number of nitrogens with zero attached hydrogens (tertiary/aromatic N) is 3. The number of amides is 1. The van der Waals surface area contributed by atoms with Crippen molar-refractivity contribution in [2.45, 2.75) is 19.4 Å². The number of hydrogen-bond donors (Lipinski definition) is 1. The van der Waals surface area contributed by atoms with Crippen molar-refractivity contribution >= 4 is 5.91 Å². The minimum absolute atomic E-state index is 0.0103. The number of morpholine rings is 1. The Hall–Kier alpha value is -1.40. The molecule has 0 bridgehead atoms. The molecule has 6 heteroatoms. The number of likely N-dealkylation sites (N-methyl/N-ethyl adjacent to an activating group) is 1. The lowest BCUT2D eigenvalue weighted by molar-refractivity contribution is 0.0101. The second-order valence-corrected chi connectivity index (χ2v) is 4.88. The number of nitrogens with one attached hydrogen (secondary N) is 1. The third-order valence-electron chi connectivity index (χ3n) is 3.34. The first-order valence-corrected chi connectivity index (χ1v) is 6.72. The monoisotopic (exact) mass is 266 g/mol. The average Bonchev–Trinajstić information content (AvgIpc) is 2.80. The molecule has 0 saturated carbocycles. The van der Waals surface area contributed by atoms with Crippen LogP contribution in [0.5, 0.6) is 0 Å². The average molecular weight is 266 g/mol. The molecular weight excluding hydrogens is 244 g/mol. The maximum absolute atomic E-state index is 12.4. The van der Waals surface area contributed by atoms with Crippen molar-refractivity contribution in [3.8, 4) is 0 Å². The Bertz CT molecular complexity index is 438. The Morgan fingerprint density at radius 3 is 3.05 bits per heavy atom. The first-order chi connectivity index (χ1) is 9.11. The second kappa shape index (κ2) is 6.16. The Morgan fingerprint density at radius 1 is 1.68 bits per heavy atom. The predicted molar refractivity (Wildman–Crippen MR) is 72.2 cm³/mol. The molecule has 1 aromatic heterocycles. The fourth-order valence-corrected chi connectivity index (χ4v) is 2.22. The van der Waals surface area contributed by atoms with Gasteiger partial charge in [0.1, 0.15) is 5.69 Å². The predicted octanol–water partition coefficient (Wildman–Crippen LogP) is 0.0429. The van der Waals surface area contributed by atoms with E-state index in [-0.39, 0.29) is 12.0 Å². The SMILES string of the molecule is CCc1cc(C(=O)N(C)CC2CNCCO2)n(C)n1. The molecule has 1 atom stereocenters. The molecule has 19 heavy (non-hydrogen) atoms. The van der Waals surface area contributed by atoms with E-state index >= 15 is 0 Å². The molecule has 1 amide bonds. The zero-order valence-corrected chi connectivity index (χ0v) is 11.8. The molecule has 1 aliphatic rings. The van der Waals surface area contributed by atoms with E-state index in [2.05, 4.69) is 10.4 Å². The highest BCUT2D eigenvalue weighted by Crippen LogP contribution is 2.08. The Balaban J connectivity index is 1.99. The summed E-state index contributed by atoms with van der Waals surface area (Å²) in [5.74, 6) is -0.0103. The summed E-state index contributed by atoms with van der Waals surface area (Å²) in [6, 6.07) is 1.86. The van der Waals surface area contributed by atoms with Gasteiger partial charge in [-0.3, -0.25) is 9.48 Å². The van der Waals surface area contributed by atoms with Crippen molar-refractivity contribution in [3.63, 3.8) is 0 Å². The maximum Gasteiger partial charge on any atom is 0.271 e. The van der Waals surface area contributed by atoms with Gasteiger partial charge in [0.2, 0.25) is 0 Å². The molecule has 0 aromatic carbocycles. The van der Waals surface area contributed by atoms with Crippen LogP contribution in [0.3, 0.4) is 0 Å². The number of carbonyl (C=O) groups excluding carboxylic acids is 1. The number of rotatable bonds is 4. The van der Waals surface area contributed by atoms with E-state index in [0.717, 1.165) is 25.2 Å². The number of hydrogen-bond acceptors (Lipinski definition) is 4. The van der Waals surface area contributed by atoms with Crippen LogP contribution in [0.25, 0.3) is 0 Å². The lowest BCUT2D eigenvalue weighted by Crippen LogP contribution is -2.46. The Kier molecular flexibility index (Phi) is 4.55. The van der Waals surface area contributed by atoms with Gasteiger partial charge in [-0.15, -0.1) is 0 Å². The van der Waals surface area contributed by atoms with Gasteiger partial charge in [-0.2, -0.15) is 5.10 Å². The van der Waals surface area contributed by atoms with E-state index in [1.165, 1.54) is 0 Å². The first kappa shape index (κ1) is 14.0. The smallest absolute Gasteiger partial charge is 0.271 e. The van der Waals surface area contributed by atoms with Crippen molar-refractivity contribution in [3.05, 3.63) is 17.5 Å². The second-order valence-electron chi connectivity index (χ2n) is 4.88. The van der Waals surface area contributed by atoms with Crippen LogP contribution >= 0.6 is 0 Å². The molecule has 1 aliphatic heterocycles. The van der Waals surface area contributed by atoms with Gasteiger partial charge >= 0.3 is 0 Å². The summed E-state index contributed by atoms with van der Waals surface area (Å²) in [5.41, 5.74) is 1.57. The quantitative estimate of drug-likeness (QED) is 0.836. The van der Waals surface area contributed by atoms with E-state index in [4.69, 9.17) is 4.74 Å². The lowest BCUT2D eigenvalue weighted by atomic mass is 10.2. The van der Waals surface area contributed by atoms with Crippen LogP contribution in [-0.4, -0.2) is 60.0 Å². The molecule has 0 aliphatic carbocycles. The highest BCUT2D eigenvalue weighted by molar-refractivity contribution is 5.92. The molecular formula is C13H22N4O2. The van der Waals surface area contributed by atoms with E-state index in [9.17, 15) is 4.79 Å². The fourth-order valence-electron chi connectivity index (χ4n) is 2.22. The molecule has 0 radical (unpaired) electrons. The fraction of sp³-hybridized carbons (Fsp3) is 0.692. The molecule has 1 unspecified atom stereocenters. The van der Waals surface area contributed by atoms with Crippen LogP contribution < -0.4 is 5.32 Å². The summed E-state index contributed by atoms with van der Waals surface area (Å²) in [5, 5.41) is 7.57. The van der Waals surface area contributed by atoms with Crippen LogP contribution in [-0.2, 0) is 18.2 Å². The third-order valence-corrected chi connectivity index (χ3v) is 3.34. The summed E-state index contributed by atoms with van der Waals surface area (Å²) in [6.07, 6.45) is 0.905. The van der Waals surface area contributed by atoms with Gasteiger partial charge in [-0.1, -0.05) is 6.92 Å². The van der Waals surface area contributed by atoms with E-state index in [1.807, 2.05) is 13.0 Å². The van der Waals surface area contributed by atoms with Crippen LogP contribution in [0, 0.1) is 0 Å². The standard InChI is InChI=1S/C13H22N4O2/c1-4-10-7-12(17(3)15-10)13(18)16(2)9-11-8-14-5-6-19-11/h7,11,14H,4-6,8-9H2,1-3H3. The topological polar surface area (TPSA) is 59.4 Å². The zero-order valence-electron chi connectivity index (χ0n) is 11.8. The van der Waals surface area contributed by atoms with Crippen molar-refractivity contribution in [2.24, 2.45) is 7.05 Å². The van der Waals surface area contributed by atoms with Gasteiger partial charge in [0, 0.05) is 33.7 Å². The number of aryl methyl sites for hydroxylation is 2. The highest BCUT2D eigenvalue weighted by atomic mass is 16.5. The first-order valence-electron chi connectivity index (χ1n) is 6.72. The van der Waals surface area contributed by atoms with E-state index in [1.54, 1.807) is 23.7 Å². The van der Waals surface area contributed by atoms with Gasteiger partial charge in [0.05, 0.1) is 18.4 Å². The number of carbonyl (C=O) groups is 1. The Morgan fingerprint density at radius 2 is 2.47 bits per heavy atom. The summed E-state index contributed by atoms with van der Waals surface area (Å²) in [7, 11) is 3.61. The molecule has 1 aromatic rings. The normalized spacial score (nSPS) is 19.4. The summed E-state index contributed by atoms with van der Waals surface area (Å²) >= 11 is 0. The van der Waals surface area contributed by atoms with Crippen LogP contribution in [0.2, 0.25) is 0 Å². The zero-order chi connectivity index (χ0) is 13.8. The van der Waals surface area contributed by atoms with Gasteiger partial charge in [0.15, 0.2) is 0 Å². The number of ether oxygens (including phenoxy) is 1. The number of aromatic nitrogens is 2. The van der Waals surface area contributed by atoms with Crippen molar-refractivity contribution < 1.29 is 9.53 Å². The van der Waals surface area contributed by atoms with E-state index in [0.29, 0.717) is 18.8 Å². The van der Waals surface area contributed by atoms with Crippen LogP contribution in [0.4, 0.5) is 0 Å². The highest BCUT2D eigenvalue weighted by Gasteiger charge is 2.21. The van der Waals surface area contributed by atoms with Crippen molar-refractivity contribution in [1.82, 2.24) is 20.0 Å². The molecule has 2 heterocycles. The summed E-state index contributed by atoms with van der Waals surface area (Å²) < 4.78 is 7.26. The summed E-state index contributed by atoms with van der Waals surface area (Å²) in [4.78, 5) is 14.1. The van der Waals surface area contributed by atoms with Crippen molar-refractivity contribution in [1.29, 1.82) is 0 Å². The summed E-state index contributed by atoms with van der Waals surface area (Å²) in [6.45, 7) is 5.01. The molecule has 2 rings (SSSR count). The van der Waals surface area contributed by atoms with Crippen molar-refractivity contribution in [2.75, 3.05) is 33.3 Å². The molecule has 0 spiro atoms. The van der Waals surface area contributed by atoms with Gasteiger partial charge in [0.25, 0.3) is 5.91 Å². The minimum atomic E-state index is -0.0103. The third kappa shape index (κ3) is 3.33. The van der Waals surface area contributed by atoms with Gasteiger partial charge in [-0.25, -0.2) is 0 Å². The lowest BCUT2D eigenvalue weighted by Gasteiger charge is -2.28. The molecule has 6 nitrogen and oxygen atoms in total. The van der Waals surface area contributed by atoms with Crippen LogP contribution in [0.15, 0.2) is 6.07 Å². The molecule has 106 valence electrons. The molecule has 1 N–H and O–H groups in total. The Labute approximate surface area is 113 Å². The minimum Gasteiger partial charge on any atom is -0.374 e.